The molecule has 1 N–H and O–H groups in total. The lowest BCUT2D eigenvalue weighted by Gasteiger charge is -2.16. The van der Waals surface area contributed by atoms with E-state index in [4.69, 9.17) is 9.84 Å². The predicted molar refractivity (Wildman–Crippen MR) is 131 cm³/mol. The van der Waals surface area contributed by atoms with Crippen molar-refractivity contribution < 1.29 is 32.6 Å². The van der Waals surface area contributed by atoms with Gasteiger partial charge in [0.05, 0.1) is 35.4 Å². The maximum absolute atomic E-state index is 13.3. The highest BCUT2D eigenvalue weighted by Gasteiger charge is 2.34. The maximum Gasteiger partial charge on any atom is 0.416 e. The molecule has 0 aliphatic carbocycles. The summed E-state index contributed by atoms with van der Waals surface area (Å²) in [6, 6.07) is 17.7. The number of aromatic carboxylic acids is 1. The Morgan fingerprint density at radius 2 is 1.78 bits per heavy atom. The second-order valence-electron chi connectivity index (χ2n) is 7.72. The van der Waals surface area contributed by atoms with E-state index >= 15 is 0 Å². The van der Waals surface area contributed by atoms with Gasteiger partial charge < -0.3 is 9.84 Å². The number of thioether (sulfide) groups is 1. The van der Waals surface area contributed by atoms with Crippen LogP contribution >= 0.6 is 11.8 Å². The van der Waals surface area contributed by atoms with Crippen LogP contribution in [0.2, 0.25) is 0 Å². The van der Waals surface area contributed by atoms with Crippen LogP contribution in [0.15, 0.2) is 82.7 Å². The number of rotatable bonds is 6. The van der Waals surface area contributed by atoms with E-state index in [-0.39, 0.29) is 22.6 Å². The number of amidine groups is 1. The summed E-state index contributed by atoms with van der Waals surface area (Å²) in [7, 11) is 1.54. The molecule has 0 atom stereocenters. The Labute approximate surface area is 208 Å². The zero-order chi connectivity index (χ0) is 25.9. The Morgan fingerprint density at radius 3 is 2.39 bits per heavy atom. The van der Waals surface area contributed by atoms with Crippen LogP contribution in [0.3, 0.4) is 0 Å². The van der Waals surface area contributed by atoms with Crippen LogP contribution in [-0.2, 0) is 17.5 Å². The number of alkyl halides is 3. The Balaban J connectivity index is 1.69. The summed E-state index contributed by atoms with van der Waals surface area (Å²) in [4.78, 5) is 30.6. The van der Waals surface area contributed by atoms with Crippen LogP contribution in [0.4, 0.5) is 18.9 Å². The average Bonchev–Trinajstić information content (AvgIpc) is 3.13. The second-order valence-corrected chi connectivity index (χ2v) is 8.73. The van der Waals surface area contributed by atoms with Gasteiger partial charge >= 0.3 is 12.1 Å². The number of benzene rings is 3. The van der Waals surface area contributed by atoms with Crippen molar-refractivity contribution in [1.82, 2.24) is 4.90 Å². The molecule has 0 bridgehead atoms. The predicted octanol–water partition coefficient (Wildman–Crippen LogP) is 6.22. The molecule has 3 aromatic rings. The maximum atomic E-state index is 13.3. The minimum absolute atomic E-state index is 0.0979. The number of aliphatic imine (C=N–C) groups is 1. The van der Waals surface area contributed by atoms with Gasteiger partial charge in [0, 0.05) is 0 Å². The highest BCUT2D eigenvalue weighted by molar-refractivity contribution is 8.18. The van der Waals surface area contributed by atoms with E-state index in [1.54, 1.807) is 36.4 Å². The number of hydrogen-bond acceptors (Lipinski definition) is 5. The number of carbonyl (C=O) groups is 2. The highest BCUT2D eigenvalue weighted by Crippen LogP contribution is 2.36. The highest BCUT2D eigenvalue weighted by atomic mass is 32.2. The van der Waals surface area contributed by atoms with Gasteiger partial charge in [-0.25, -0.2) is 9.79 Å². The first-order chi connectivity index (χ1) is 17.1. The second kappa shape index (κ2) is 10.3. The summed E-state index contributed by atoms with van der Waals surface area (Å²) in [6.07, 6.45) is -3.10. The molecule has 1 amide bonds. The number of carboxylic acids is 1. The lowest BCUT2D eigenvalue weighted by atomic mass is 10.1. The van der Waals surface area contributed by atoms with E-state index in [9.17, 15) is 22.8 Å². The lowest BCUT2D eigenvalue weighted by molar-refractivity contribution is -0.137. The van der Waals surface area contributed by atoms with E-state index in [1.165, 1.54) is 42.4 Å². The van der Waals surface area contributed by atoms with Crippen LogP contribution < -0.4 is 4.74 Å². The minimum atomic E-state index is -4.50. The number of amides is 1. The summed E-state index contributed by atoms with van der Waals surface area (Å²) in [6.45, 7) is 0.0979. The molecule has 1 heterocycles. The number of carbonyl (C=O) groups excluding carboxylic acids is 1. The minimum Gasteiger partial charge on any atom is -0.497 e. The Morgan fingerprint density at radius 1 is 1.08 bits per heavy atom. The van der Waals surface area contributed by atoms with Gasteiger partial charge in [-0.2, -0.15) is 13.2 Å². The van der Waals surface area contributed by atoms with Crippen LogP contribution in [-0.4, -0.2) is 34.2 Å². The van der Waals surface area contributed by atoms with Crippen molar-refractivity contribution in [2.24, 2.45) is 4.99 Å². The number of halogens is 3. The monoisotopic (exact) mass is 512 g/mol. The first-order valence-corrected chi connectivity index (χ1v) is 11.4. The van der Waals surface area contributed by atoms with E-state index in [0.717, 1.165) is 23.9 Å². The Bertz CT molecular complexity index is 1350. The summed E-state index contributed by atoms with van der Waals surface area (Å²) in [5, 5.41) is 9.46. The van der Waals surface area contributed by atoms with E-state index in [2.05, 4.69) is 4.99 Å². The molecule has 1 fully saturated rings. The molecular weight excluding hydrogens is 493 g/mol. The van der Waals surface area contributed by atoms with Gasteiger partial charge in [-0.3, -0.25) is 9.69 Å². The lowest BCUT2D eigenvalue weighted by Crippen LogP contribution is -2.28. The Hall–Kier alpha value is -4.05. The van der Waals surface area contributed by atoms with Gasteiger partial charge in [0.1, 0.15) is 5.75 Å². The molecule has 36 heavy (non-hydrogen) atoms. The van der Waals surface area contributed by atoms with Crippen molar-refractivity contribution in [2.45, 2.75) is 12.7 Å². The molecule has 0 radical (unpaired) electrons. The van der Waals surface area contributed by atoms with E-state index in [1.807, 2.05) is 0 Å². The summed E-state index contributed by atoms with van der Waals surface area (Å²) < 4.78 is 44.6. The molecule has 0 spiro atoms. The third-order valence-electron chi connectivity index (χ3n) is 5.24. The molecule has 0 saturated carbocycles. The van der Waals surface area contributed by atoms with Gasteiger partial charge in [-0.1, -0.05) is 24.3 Å². The van der Waals surface area contributed by atoms with Gasteiger partial charge in [-0.05, 0) is 77.5 Å². The quantitative estimate of drug-likeness (QED) is 0.397. The van der Waals surface area contributed by atoms with E-state index < -0.39 is 23.6 Å². The third kappa shape index (κ3) is 5.77. The summed E-state index contributed by atoms with van der Waals surface area (Å²) in [5.74, 6) is -0.857. The largest absolute Gasteiger partial charge is 0.497 e. The average molecular weight is 513 g/mol. The molecule has 1 saturated heterocycles. The first-order valence-electron chi connectivity index (χ1n) is 10.6. The third-order valence-corrected chi connectivity index (χ3v) is 6.25. The van der Waals surface area contributed by atoms with Crippen molar-refractivity contribution in [2.75, 3.05) is 7.11 Å². The van der Waals surface area contributed by atoms with Crippen molar-refractivity contribution in [3.8, 4) is 5.75 Å². The number of nitrogens with zero attached hydrogens (tertiary/aromatic N) is 2. The van der Waals surface area contributed by atoms with Crippen LogP contribution in [0, 0.1) is 0 Å². The molecule has 0 unspecified atom stereocenters. The molecule has 10 heteroatoms. The number of hydrogen-bond donors (Lipinski definition) is 1. The standard InChI is InChI=1S/C26H19F3N2O4S/c1-35-21-11-9-20(10-12-21)30-25-31(15-16-5-7-18(8-6-16)24(33)34)23(32)22(36-25)14-17-3-2-4-19(13-17)26(27,28)29/h2-14H,15H2,1H3,(H,33,34)/b22-14-,30-25?. The molecule has 4 rings (SSSR count). The summed E-state index contributed by atoms with van der Waals surface area (Å²) >= 11 is 1.05. The van der Waals surface area contributed by atoms with Gasteiger partial charge in [-0.15, -0.1) is 0 Å². The normalized spacial score (nSPS) is 16.1. The SMILES string of the molecule is COc1ccc(N=C2S/C(=C\c3cccc(C(F)(F)F)c3)C(=O)N2Cc2ccc(C(=O)O)cc2)cc1. The van der Waals surface area contributed by atoms with Gasteiger partial charge in [0.15, 0.2) is 5.17 Å². The number of ether oxygens (including phenoxy) is 1. The fourth-order valence-corrected chi connectivity index (χ4v) is 4.39. The topological polar surface area (TPSA) is 79.2 Å². The molecular formula is C26H19F3N2O4S. The first kappa shape index (κ1) is 25.1. The fourth-order valence-electron chi connectivity index (χ4n) is 3.39. The van der Waals surface area contributed by atoms with Crippen LogP contribution in [0.1, 0.15) is 27.0 Å². The van der Waals surface area contributed by atoms with Crippen LogP contribution in [0.5, 0.6) is 5.75 Å². The fraction of sp³-hybridized carbons (Fsp3) is 0.115. The summed E-state index contributed by atoms with van der Waals surface area (Å²) in [5.41, 5.74) is 0.749. The molecule has 1 aliphatic heterocycles. The molecule has 6 nitrogen and oxygen atoms in total. The molecule has 184 valence electrons. The van der Waals surface area contributed by atoms with Gasteiger partial charge in [0.25, 0.3) is 5.91 Å². The van der Waals surface area contributed by atoms with Gasteiger partial charge in [0.2, 0.25) is 0 Å². The molecule has 0 aromatic heterocycles. The van der Waals surface area contributed by atoms with Crippen molar-refractivity contribution in [1.29, 1.82) is 0 Å². The number of methoxy groups -OCH3 is 1. The zero-order valence-electron chi connectivity index (χ0n) is 18.8. The smallest absolute Gasteiger partial charge is 0.416 e. The molecule has 3 aromatic carbocycles. The Kier molecular flexibility index (Phi) is 7.16. The van der Waals surface area contributed by atoms with Crippen molar-refractivity contribution in [3.05, 3.63) is 100.0 Å². The van der Waals surface area contributed by atoms with E-state index in [0.29, 0.717) is 22.2 Å². The van der Waals surface area contributed by atoms with Crippen molar-refractivity contribution >= 4 is 40.6 Å². The van der Waals surface area contributed by atoms with Crippen LogP contribution in [0.25, 0.3) is 6.08 Å². The zero-order valence-corrected chi connectivity index (χ0v) is 19.6. The van der Waals surface area contributed by atoms with Crippen molar-refractivity contribution in [3.63, 3.8) is 0 Å². The number of carboxylic acid groups (broad SMARTS) is 1. The molecule has 1 aliphatic rings.